The standard InChI is InChI=1S/C25H46N10O8/c1-14(20(38)34-17(13-36)22(40)31-12-19(37)35-11-5-8-18(35)24(42)43)32-23(41)16(7-2-3-9-26)33-21(39)15(27)6-4-10-30-25(28)29/h14-18,36H,2-13,26-27H2,1H3,(H,31,40)(H,32,41)(H,33,39)(H,34,38)(H,42,43)(H4,28,29,30)/t14-,15-,16-,17-,18-/m0/s1. The van der Waals surface area contributed by atoms with Gasteiger partial charge in [0.05, 0.1) is 19.2 Å². The van der Waals surface area contributed by atoms with Crippen LogP contribution in [0.4, 0.5) is 0 Å². The van der Waals surface area contributed by atoms with Crippen molar-refractivity contribution < 1.29 is 39.0 Å². The number of guanidine groups is 1. The van der Waals surface area contributed by atoms with Crippen molar-refractivity contribution in [3.8, 4) is 0 Å². The average molecular weight is 615 g/mol. The first kappa shape index (κ1) is 37.0. The molecule has 0 bridgehead atoms. The van der Waals surface area contributed by atoms with Gasteiger partial charge in [0.1, 0.15) is 24.2 Å². The van der Waals surface area contributed by atoms with Crippen molar-refractivity contribution in [3.05, 3.63) is 0 Å². The highest BCUT2D eigenvalue weighted by Gasteiger charge is 2.34. The molecule has 244 valence electrons. The number of hydrogen-bond acceptors (Lipinski definition) is 10. The van der Waals surface area contributed by atoms with Gasteiger partial charge in [0, 0.05) is 13.1 Å². The first-order chi connectivity index (χ1) is 20.3. The van der Waals surface area contributed by atoms with Crippen LogP contribution in [0.25, 0.3) is 0 Å². The molecule has 0 aromatic rings. The molecule has 1 saturated heterocycles. The van der Waals surface area contributed by atoms with E-state index < -0.39 is 78.9 Å². The molecule has 14 N–H and O–H groups in total. The van der Waals surface area contributed by atoms with Gasteiger partial charge in [-0.1, -0.05) is 0 Å². The van der Waals surface area contributed by atoms with Crippen molar-refractivity contribution >= 4 is 41.5 Å². The van der Waals surface area contributed by atoms with E-state index in [0.717, 1.165) is 4.90 Å². The third kappa shape index (κ3) is 13.2. The molecular weight excluding hydrogens is 568 g/mol. The largest absolute Gasteiger partial charge is 0.480 e. The Morgan fingerprint density at radius 2 is 1.60 bits per heavy atom. The molecule has 5 atom stereocenters. The molecule has 0 aromatic carbocycles. The SMILES string of the molecule is C[C@H](NC(=O)[C@H](CCCCN)NC(=O)[C@@H](N)CCCN=C(N)N)C(=O)N[C@@H](CO)C(=O)NCC(=O)N1CCC[C@H]1C(=O)O. The molecule has 43 heavy (non-hydrogen) atoms. The van der Waals surface area contributed by atoms with E-state index in [1.165, 1.54) is 6.92 Å². The molecule has 18 nitrogen and oxygen atoms in total. The molecule has 1 aliphatic heterocycles. The minimum absolute atomic E-state index is 0.0814. The molecule has 5 amide bonds. The van der Waals surface area contributed by atoms with Crippen LogP contribution in [0.2, 0.25) is 0 Å². The van der Waals surface area contributed by atoms with Gasteiger partial charge < -0.3 is 59.3 Å². The fourth-order valence-electron chi connectivity index (χ4n) is 4.27. The Kier molecular flexibility index (Phi) is 16.5. The number of aliphatic hydroxyl groups is 1. The number of carbonyl (C=O) groups is 6. The zero-order chi connectivity index (χ0) is 32.5. The molecule has 1 aliphatic rings. The molecule has 1 fully saturated rings. The van der Waals surface area contributed by atoms with Crippen LogP contribution in [0.3, 0.4) is 0 Å². The van der Waals surface area contributed by atoms with Crippen LogP contribution in [0.5, 0.6) is 0 Å². The van der Waals surface area contributed by atoms with Gasteiger partial charge in [-0.3, -0.25) is 29.0 Å². The summed E-state index contributed by atoms with van der Waals surface area (Å²) in [7, 11) is 0. The minimum atomic E-state index is -1.45. The highest BCUT2D eigenvalue weighted by atomic mass is 16.4. The molecule has 0 aliphatic carbocycles. The number of aliphatic carboxylic acids is 1. The number of unbranched alkanes of at least 4 members (excludes halogenated alkanes) is 1. The van der Waals surface area contributed by atoms with Gasteiger partial charge in [0.25, 0.3) is 0 Å². The van der Waals surface area contributed by atoms with Gasteiger partial charge in [-0.05, 0) is 58.4 Å². The molecule has 0 spiro atoms. The highest BCUT2D eigenvalue weighted by Crippen LogP contribution is 2.17. The van der Waals surface area contributed by atoms with Crippen LogP contribution in [0.1, 0.15) is 51.9 Å². The number of carboxylic acid groups (broad SMARTS) is 1. The molecule has 0 aromatic heterocycles. The van der Waals surface area contributed by atoms with Crippen molar-refractivity contribution in [1.82, 2.24) is 26.2 Å². The maximum atomic E-state index is 13.0. The summed E-state index contributed by atoms with van der Waals surface area (Å²) in [6.45, 7) is 0.899. The van der Waals surface area contributed by atoms with E-state index >= 15 is 0 Å². The molecule has 0 saturated carbocycles. The second-order valence-electron chi connectivity index (χ2n) is 10.2. The lowest BCUT2D eigenvalue weighted by molar-refractivity contribution is -0.148. The lowest BCUT2D eigenvalue weighted by Gasteiger charge is -2.24. The van der Waals surface area contributed by atoms with Crippen LogP contribution < -0.4 is 44.2 Å². The third-order valence-electron chi connectivity index (χ3n) is 6.72. The molecule has 1 heterocycles. The van der Waals surface area contributed by atoms with Crippen LogP contribution in [0.15, 0.2) is 4.99 Å². The number of amides is 5. The van der Waals surface area contributed by atoms with Crippen molar-refractivity contribution in [2.24, 2.45) is 27.9 Å². The summed E-state index contributed by atoms with van der Waals surface area (Å²) in [6, 6.07) is -5.57. The summed E-state index contributed by atoms with van der Waals surface area (Å²) < 4.78 is 0. The Balaban J connectivity index is 2.69. The zero-order valence-corrected chi connectivity index (χ0v) is 24.4. The summed E-state index contributed by atoms with van der Waals surface area (Å²) in [5.41, 5.74) is 22.0. The van der Waals surface area contributed by atoms with Gasteiger partial charge >= 0.3 is 5.97 Å². The fraction of sp³-hybridized carbons (Fsp3) is 0.720. The van der Waals surface area contributed by atoms with Crippen molar-refractivity contribution in [2.45, 2.75) is 82.1 Å². The number of aliphatic hydroxyl groups excluding tert-OH is 1. The van der Waals surface area contributed by atoms with E-state index in [2.05, 4.69) is 26.3 Å². The predicted octanol–water partition coefficient (Wildman–Crippen LogP) is -4.85. The quantitative estimate of drug-likeness (QED) is 0.0372. The lowest BCUT2D eigenvalue weighted by atomic mass is 10.1. The summed E-state index contributed by atoms with van der Waals surface area (Å²) in [5.74, 6) is -4.78. The first-order valence-electron chi connectivity index (χ1n) is 14.1. The molecule has 0 radical (unpaired) electrons. The lowest BCUT2D eigenvalue weighted by Crippen LogP contribution is -2.58. The number of nitrogens with two attached hydrogens (primary N) is 4. The Morgan fingerprint density at radius 3 is 2.21 bits per heavy atom. The number of nitrogens with one attached hydrogen (secondary N) is 4. The van der Waals surface area contributed by atoms with Crippen molar-refractivity contribution in [1.29, 1.82) is 0 Å². The fourth-order valence-corrected chi connectivity index (χ4v) is 4.27. The highest BCUT2D eigenvalue weighted by molar-refractivity contribution is 5.95. The van der Waals surface area contributed by atoms with E-state index in [-0.39, 0.29) is 31.9 Å². The summed E-state index contributed by atoms with van der Waals surface area (Å²) in [6.07, 6.45) is 2.82. The van der Waals surface area contributed by atoms with Gasteiger partial charge in [-0.15, -0.1) is 0 Å². The topological polar surface area (TPSA) is 311 Å². The number of carbonyl (C=O) groups excluding carboxylic acids is 5. The zero-order valence-electron chi connectivity index (χ0n) is 24.4. The van der Waals surface area contributed by atoms with Gasteiger partial charge in [0.2, 0.25) is 29.5 Å². The third-order valence-corrected chi connectivity index (χ3v) is 6.72. The Hall–Kier alpha value is -4.03. The van der Waals surface area contributed by atoms with Crippen LogP contribution in [-0.2, 0) is 28.8 Å². The average Bonchev–Trinajstić information content (AvgIpc) is 3.46. The van der Waals surface area contributed by atoms with Gasteiger partial charge in [-0.25, -0.2) is 4.79 Å². The van der Waals surface area contributed by atoms with Crippen molar-refractivity contribution in [2.75, 3.05) is 32.8 Å². The first-order valence-corrected chi connectivity index (χ1v) is 14.1. The van der Waals surface area contributed by atoms with Crippen LogP contribution in [-0.4, -0.2) is 120 Å². The molecular formula is C25H46N10O8. The number of hydrogen-bond donors (Lipinski definition) is 10. The maximum Gasteiger partial charge on any atom is 0.326 e. The van der Waals surface area contributed by atoms with E-state index in [1.54, 1.807) is 0 Å². The normalized spacial score (nSPS) is 17.1. The molecule has 1 rings (SSSR count). The Labute approximate surface area is 249 Å². The van der Waals surface area contributed by atoms with E-state index in [0.29, 0.717) is 38.6 Å². The second kappa shape index (κ2) is 19.2. The number of likely N-dealkylation sites (tertiary alicyclic amines) is 1. The summed E-state index contributed by atoms with van der Waals surface area (Å²) in [4.78, 5) is 79.5. The molecule has 18 heteroatoms. The molecule has 0 unspecified atom stereocenters. The van der Waals surface area contributed by atoms with Crippen LogP contribution >= 0.6 is 0 Å². The van der Waals surface area contributed by atoms with E-state index in [4.69, 9.17) is 22.9 Å². The van der Waals surface area contributed by atoms with E-state index in [9.17, 15) is 39.0 Å². The monoisotopic (exact) mass is 614 g/mol. The summed E-state index contributed by atoms with van der Waals surface area (Å²) in [5, 5.41) is 28.5. The second-order valence-corrected chi connectivity index (χ2v) is 10.2. The van der Waals surface area contributed by atoms with Crippen LogP contribution in [0, 0.1) is 0 Å². The Bertz CT molecular complexity index is 1010. The minimum Gasteiger partial charge on any atom is -0.480 e. The smallest absolute Gasteiger partial charge is 0.326 e. The number of carboxylic acids is 1. The number of nitrogens with zero attached hydrogens (tertiary/aromatic N) is 2. The number of aliphatic imine (C=N–C) groups is 1. The van der Waals surface area contributed by atoms with Gasteiger partial charge in [-0.2, -0.15) is 0 Å². The predicted molar refractivity (Wildman–Crippen MR) is 155 cm³/mol. The maximum absolute atomic E-state index is 13.0. The number of rotatable bonds is 19. The van der Waals surface area contributed by atoms with Gasteiger partial charge in [0.15, 0.2) is 5.96 Å². The Morgan fingerprint density at radius 1 is 0.930 bits per heavy atom. The van der Waals surface area contributed by atoms with Crippen molar-refractivity contribution in [3.63, 3.8) is 0 Å². The van der Waals surface area contributed by atoms with E-state index in [1.807, 2.05) is 0 Å². The summed E-state index contributed by atoms with van der Waals surface area (Å²) >= 11 is 0.